The molecule has 1 amide bonds. The van der Waals surface area contributed by atoms with E-state index in [1.165, 1.54) is 5.56 Å². The second-order valence-electron chi connectivity index (χ2n) is 9.45. The van der Waals surface area contributed by atoms with Gasteiger partial charge in [0.05, 0.1) is 18.0 Å². The highest BCUT2D eigenvalue weighted by molar-refractivity contribution is 5.94. The number of hydrogen-bond donors (Lipinski definition) is 1. The van der Waals surface area contributed by atoms with Gasteiger partial charge in [-0.25, -0.2) is 4.68 Å². The van der Waals surface area contributed by atoms with E-state index in [1.54, 1.807) is 0 Å². The van der Waals surface area contributed by atoms with Crippen LogP contribution in [0.5, 0.6) is 0 Å². The molecule has 36 heavy (non-hydrogen) atoms. The number of carboxylic acids is 1. The molecule has 0 fully saturated rings. The van der Waals surface area contributed by atoms with Gasteiger partial charge in [0.1, 0.15) is 5.52 Å². The van der Waals surface area contributed by atoms with E-state index >= 15 is 0 Å². The molecule has 0 saturated carbocycles. The fourth-order valence-electron chi connectivity index (χ4n) is 5.45. The zero-order valence-corrected chi connectivity index (χ0v) is 20.8. The van der Waals surface area contributed by atoms with Crippen LogP contribution in [0.4, 0.5) is 0 Å². The van der Waals surface area contributed by atoms with Gasteiger partial charge in [0, 0.05) is 24.6 Å². The number of aryl methyl sites for hydroxylation is 2. The first-order chi connectivity index (χ1) is 17.4. The van der Waals surface area contributed by atoms with Crippen LogP contribution in [0.3, 0.4) is 0 Å². The summed E-state index contributed by atoms with van der Waals surface area (Å²) in [6, 6.07) is 19.5. The molecule has 1 aliphatic rings. The summed E-state index contributed by atoms with van der Waals surface area (Å²) in [4.78, 5) is 27.1. The number of hydrogen-bond acceptors (Lipinski definition) is 4. The molecule has 1 N–H and O–H groups in total. The van der Waals surface area contributed by atoms with Crippen molar-refractivity contribution in [1.29, 1.82) is 0 Å². The minimum absolute atomic E-state index is 0.0153. The summed E-state index contributed by atoms with van der Waals surface area (Å²) >= 11 is 0. The van der Waals surface area contributed by atoms with Crippen LogP contribution in [0.1, 0.15) is 70.4 Å². The van der Waals surface area contributed by atoms with Crippen molar-refractivity contribution >= 4 is 22.9 Å². The van der Waals surface area contributed by atoms with Crippen LogP contribution in [0, 0.1) is 6.92 Å². The van der Waals surface area contributed by atoms with E-state index in [9.17, 15) is 14.7 Å². The lowest BCUT2D eigenvalue weighted by molar-refractivity contribution is -0.137. The monoisotopic (exact) mass is 482 g/mol. The Kier molecular flexibility index (Phi) is 6.31. The fraction of sp³-hybridized carbons (Fsp3) is 0.310. The average molecular weight is 483 g/mol. The number of rotatable bonds is 6. The molecule has 5 rings (SSSR count). The quantitative estimate of drug-likeness (QED) is 0.412. The molecule has 1 aromatic heterocycles. The SMILES string of the molecule is CCn1nnc2c(C)c([C@@H](CC(=O)O)c3ccc4c(c3)[C@@H](C)N(C(=O)c3ccccc3)CC4)ccc21. The number of aliphatic carboxylic acids is 1. The van der Waals surface area contributed by atoms with E-state index in [4.69, 9.17) is 0 Å². The van der Waals surface area contributed by atoms with Crippen LogP contribution in [0.25, 0.3) is 11.0 Å². The standard InChI is InChI=1S/C29H30N4O3/c1-4-33-26-13-12-23(18(2)28(26)30-31-33)25(17-27(34)35)22-11-10-20-14-15-32(19(3)24(20)16-22)29(36)21-8-6-5-7-9-21/h5-13,16,19,25H,4,14-15,17H2,1-3H3,(H,34,35)/t19-,25+/m1/s1. The molecule has 7 nitrogen and oxygen atoms in total. The molecule has 0 saturated heterocycles. The van der Waals surface area contributed by atoms with E-state index in [-0.39, 0.29) is 24.3 Å². The van der Waals surface area contributed by atoms with E-state index in [0.29, 0.717) is 12.1 Å². The third-order valence-corrected chi connectivity index (χ3v) is 7.43. The first-order valence-electron chi connectivity index (χ1n) is 12.4. The van der Waals surface area contributed by atoms with Crippen molar-refractivity contribution in [2.45, 2.75) is 52.1 Å². The molecule has 3 aromatic carbocycles. The molecule has 1 aliphatic heterocycles. The number of fused-ring (bicyclic) bond motifs is 2. The summed E-state index contributed by atoms with van der Waals surface area (Å²) in [6.45, 7) is 7.43. The first-order valence-corrected chi connectivity index (χ1v) is 12.4. The molecule has 0 bridgehead atoms. The Labute approximate surface area is 210 Å². The largest absolute Gasteiger partial charge is 0.481 e. The summed E-state index contributed by atoms with van der Waals surface area (Å²) in [5.41, 5.74) is 7.53. The van der Waals surface area contributed by atoms with E-state index < -0.39 is 5.97 Å². The third kappa shape index (κ3) is 4.15. The fourth-order valence-corrected chi connectivity index (χ4v) is 5.45. The molecule has 7 heteroatoms. The minimum Gasteiger partial charge on any atom is -0.481 e. The van der Waals surface area contributed by atoms with Gasteiger partial charge >= 0.3 is 5.97 Å². The van der Waals surface area contributed by atoms with Crippen LogP contribution in [0.2, 0.25) is 0 Å². The number of nitrogens with zero attached hydrogens (tertiary/aromatic N) is 4. The van der Waals surface area contributed by atoms with Crippen molar-refractivity contribution in [3.63, 3.8) is 0 Å². The van der Waals surface area contributed by atoms with Crippen molar-refractivity contribution in [2.24, 2.45) is 0 Å². The molecule has 0 unspecified atom stereocenters. The Morgan fingerprint density at radius 3 is 2.61 bits per heavy atom. The lowest BCUT2D eigenvalue weighted by Gasteiger charge is -2.36. The van der Waals surface area contributed by atoms with Crippen LogP contribution in [-0.4, -0.2) is 43.4 Å². The summed E-state index contributed by atoms with van der Waals surface area (Å²) in [7, 11) is 0. The number of carbonyl (C=O) groups excluding carboxylic acids is 1. The summed E-state index contributed by atoms with van der Waals surface area (Å²) in [6.07, 6.45) is 0.737. The van der Waals surface area contributed by atoms with Gasteiger partial charge in [-0.15, -0.1) is 5.10 Å². The molecule has 0 radical (unpaired) electrons. The number of aromatic nitrogens is 3. The molecular formula is C29H30N4O3. The van der Waals surface area contributed by atoms with Crippen molar-refractivity contribution in [3.05, 3.63) is 94.0 Å². The van der Waals surface area contributed by atoms with Gasteiger partial charge in [-0.2, -0.15) is 0 Å². The van der Waals surface area contributed by atoms with Gasteiger partial charge in [-0.3, -0.25) is 9.59 Å². The van der Waals surface area contributed by atoms with Crippen molar-refractivity contribution in [3.8, 4) is 0 Å². The highest BCUT2D eigenvalue weighted by Gasteiger charge is 2.30. The Morgan fingerprint density at radius 2 is 1.89 bits per heavy atom. The normalized spacial score (nSPS) is 16.1. The topological polar surface area (TPSA) is 88.3 Å². The van der Waals surface area contributed by atoms with Crippen LogP contribution >= 0.6 is 0 Å². The second-order valence-corrected chi connectivity index (χ2v) is 9.45. The van der Waals surface area contributed by atoms with Crippen molar-refractivity contribution in [2.75, 3.05) is 6.54 Å². The van der Waals surface area contributed by atoms with Crippen molar-refractivity contribution < 1.29 is 14.7 Å². The number of carboxylic acid groups (broad SMARTS) is 1. The first kappa shape index (κ1) is 23.7. The zero-order valence-electron chi connectivity index (χ0n) is 20.8. The zero-order chi connectivity index (χ0) is 25.4. The Hall–Kier alpha value is -4.00. The molecule has 2 heterocycles. The highest BCUT2D eigenvalue weighted by atomic mass is 16.4. The second kappa shape index (κ2) is 9.57. The maximum atomic E-state index is 13.2. The van der Waals surface area contributed by atoms with Crippen LogP contribution < -0.4 is 0 Å². The minimum atomic E-state index is -0.858. The van der Waals surface area contributed by atoms with Crippen LogP contribution in [0.15, 0.2) is 60.7 Å². The number of amides is 1. The van der Waals surface area contributed by atoms with E-state index in [0.717, 1.165) is 46.3 Å². The molecule has 0 spiro atoms. The smallest absolute Gasteiger partial charge is 0.304 e. The van der Waals surface area contributed by atoms with Gasteiger partial charge < -0.3 is 10.0 Å². The average Bonchev–Trinajstić information content (AvgIpc) is 3.32. The summed E-state index contributed by atoms with van der Waals surface area (Å²) in [5, 5.41) is 18.4. The van der Waals surface area contributed by atoms with Gasteiger partial charge in [0.2, 0.25) is 0 Å². The van der Waals surface area contributed by atoms with E-state index in [2.05, 4.69) is 29.4 Å². The maximum Gasteiger partial charge on any atom is 0.304 e. The molecular weight excluding hydrogens is 452 g/mol. The lowest BCUT2D eigenvalue weighted by Crippen LogP contribution is -2.39. The number of carbonyl (C=O) groups is 2. The van der Waals surface area contributed by atoms with E-state index in [1.807, 2.05) is 72.0 Å². The summed E-state index contributed by atoms with van der Waals surface area (Å²) in [5.74, 6) is -1.18. The van der Waals surface area contributed by atoms with Gasteiger partial charge in [0.25, 0.3) is 5.91 Å². The van der Waals surface area contributed by atoms with Crippen LogP contribution in [-0.2, 0) is 17.8 Å². The molecule has 2 atom stereocenters. The highest BCUT2D eigenvalue weighted by Crippen LogP contribution is 2.37. The molecule has 184 valence electrons. The van der Waals surface area contributed by atoms with Gasteiger partial charge in [0.15, 0.2) is 0 Å². The molecule has 0 aliphatic carbocycles. The Morgan fingerprint density at radius 1 is 1.11 bits per heavy atom. The lowest BCUT2D eigenvalue weighted by atomic mass is 9.82. The predicted molar refractivity (Wildman–Crippen MR) is 138 cm³/mol. The maximum absolute atomic E-state index is 13.2. The third-order valence-electron chi connectivity index (χ3n) is 7.43. The van der Waals surface area contributed by atoms with Gasteiger partial charge in [-0.05, 0) is 73.2 Å². The Bertz CT molecular complexity index is 1440. The predicted octanol–water partition coefficient (Wildman–Crippen LogP) is 5.13. The Balaban J connectivity index is 1.54. The van der Waals surface area contributed by atoms with Crippen molar-refractivity contribution in [1.82, 2.24) is 19.9 Å². The summed E-state index contributed by atoms with van der Waals surface area (Å²) < 4.78 is 1.84. The van der Waals surface area contributed by atoms with Gasteiger partial charge in [-0.1, -0.05) is 47.7 Å². The molecule has 4 aromatic rings. The number of benzene rings is 3.